The van der Waals surface area contributed by atoms with Gasteiger partial charge in [0.15, 0.2) is 4.77 Å². The van der Waals surface area contributed by atoms with Crippen LogP contribution in [0.5, 0.6) is 5.75 Å². The number of para-hydroxylation sites is 1. The minimum Gasteiger partial charge on any atom is -0.491 e. The van der Waals surface area contributed by atoms with Crippen LogP contribution in [-0.4, -0.2) is 16.2 Å². The standard InChI is InChI=1S/C16H24N2OS/c1-5-9-19-14-8-6-7-13-15(14)17-16(20)18(13)10-12(4)11(2)3/h6-8,11-12H,5,9-10H2,1-4H3,(H,17,20). The summed E-state index contributed by atoms with van der Waals surface area (Å²) in [5.74, 6) is 2.12. The molecule has 0 fully saturated rings. The van der Waals surface area contributed by atoms with E-state index < -0.39 is 0 Å². The second-order valence-electron chi connectivity index (χ2n) is 5.76. The fourth-order valence-electron chi connectivity index (χ4n) is 2.17. The van der Waals surface area contributed by atoms with Crippen molar-refractivity contribution in [2.24, 2.45) is 11.8 Å². The Morgan fingerprint density at radius 2 is 2.05 bits per heavy atom. The van der Waals surface area contributed by atoms with Gasteiger partial charge in [-0.3, -0.25) is 0 Å². The maximum absolute atomic E-state index is 5.80. The van der Waals surface area contributed by atoms with Crippen LogP contribution in [0, 0.1) is 16.6 Å². The Kier molecular flexibility index (Phi) is 4.86. The summed E-state index contributed by atoms with van der Waals surface area (Å²) in [5, 5.41) is 0. The van der Waals surface area contributed by atoms with Gasteiger partial charge >= 0.3 is 0 Å². The highest BCUT2D eigenvalue weighted by molar-refractivity contribution is 7.71. The van der Waals surface area contributed by atoms with Crippen molar-refractivity contribution in [1.29, 1.82) is 0 Å². The highest BCUT2D eigenvalue weighted by Gasteiger charge is 2.13. The quantitative estimate of drug-likeness (QED) is 0.777. The van der Waals surface area contributed by atoms with Gasteiger partial charge < -0.3 is 14.3 Å². The van der Waals surface area contributed by atoms with Crippen LogP contribution in [0.1, 0.15) is 34.1 Å². The Balaban J connectivity index is 2.41. The fourth-order valence-corrected chi connectivity index (χ4v) is 2.44. The summed E-state index contributed by atoms with van der Waals surface area (Å²) in [4.78, 5) is 3.30. The number of ether oxygens (including phenoxy) is 1. The van der Waals surface area contributed by atoms with Gasteiger partial charge in [0.05, 0.1) is 12.1 Å². The van der Waals surface area contributed by atoms with Crippen molar-refractivity contribution < 1.29 is 4.74 Å². The lowest BCUT2D eigenvalue weighted by molar-refractivity contribution is 0.320. The van der Waals surface area contributed by atoms with Crippen LogP contribution >= 0.6 is 12.2 Å². The first kappa shape index (κ1) is 15.1. The molecule has 0 saturated heterocycles. The number of H-pyrrole nitrogens is 1. The van der Waals surface area contributed by atoms with Crippen molar-refractivity contribution in [3.63, 3.8) is 0 Å². The number of fused-ring (bicyclic) bond motifs is 1. The van der Waals surface area contributed by atoms with Crippen LogP contribution in [0.15, 0.2) is 18.2 Å². The van der Waals surface area contributed by atoms with E-state index in [2.05, 4.69) is 43.3 Å². The van der Waals surface area contributed by atoms with Crippen molar-refractivity contribution in [1.82, 2.24) is 9.55 Å². The highest BCUT2D eigenvalue weighted by atomic mass is 32.1. The van der Waals surface area contributed by atoms with E-state index in [1.165, 1.54) is 0 Å². The van der Waals surface area contributed by atoms with E-state index in [1.807, 2.05) is 12.1 Å². The molecule has 2 rings (SSSR count). The van der Waals surface area contributed by atoms with Crippen LogP contribution in [0.2, 0.25) is 0 Å². The lowest BCUT2D eigenvalue weighted by Crippen LogP contribution is -2.13. The molecular weight excluding hydrogens is 268 g/mol. The third kappa shape index (κ3) is 3.06. The van der Waals surface area contributed by atoms with Gasteiger partial charge in [-0.2, -0.15) is 0 Å². The van der Waals surface area contributed by atoms with Gasteiger partial charge in [0.1, 0.15) is 11.3 Å². The van der Waals surface area contributed by atoms with Crippen molar-refractivity contribution in [3.05, 3.63) is 23.0 Å². The highest BCUT2D eigenvalue weighted by Crippen LogP contribution is 2.26. The smallest absolute Gasteiger partial charge is 0.178 e. The summed E-state index contributed by atoms with van der Waals surface area (Å²) >= 11 is 5.48. The normalized spacial score (nSPS) is 13.1. The topological polar surface area (TPSA) is 29.9 Å². The fraction of sp³-hybridized carbons (Fsp3) is 0.562. The van der Waals surface area contributed by atoms with Crippen LogP contribution in [0.4, 0.5) is 0 Å². The molecule has 3 nitrogen and oxygen atoms in total. The molecule has 0 bridgehead atoms. The van der Waals surface area contributed by atoms with Gasteiger partial charge in [-0.15, -0.1) is 0 Å². The second kappa shape index (κ2) is 6.44. The van der Waals surface area contributed by atoms with Gasteiger partial charge in [-0.1, -0.05) is 33.8 Å². The van der Waals surface area contributed by atoms with E-state index >= 15 is 0 Å². The van der Waals surface area contributed by atoms with Crippen molar-refractivity contribution in [2.45, 2.75) is 40.7 Å². The minimum absolute atomic E-state index is 0.584. The first-order valence-electron chi connectivity index (χ1n) is 7.39. The Morgan fingerprint density at radius 3 is 2.70 bits per heavy atom. The molecule has 1 atom stereocenters. The summed E-state index contributed by atoms with van der Waals surface area (Å²) in [5.41, 5.74) is 2.15. The number of nitrogens with one attached hydrogen (secondary N) is 1. The van der Waals surface area contributed by atoms with E-state index in [9.17, 15) is 0 Å². The molecule has 0 saturated carbocycles. The third-order valence-electron chi connectivity index (χ3n) is 3.84. The largest absolute Gasteiger partial charge is 0.491 e. The Hall–Kier alpha value is -1.29. The zero-order valence-electron chi connectivity index (χ0n) is 12.8. The molecule has 1 heterocycles. The molecule has 4 heteroatoms. The average molecular weight is 292 g/mol. The molecule has 0 aliphatic heterocycles. The van der Waals surface area contributed by atoms with Gasteiger partial charge in [-0.05, 0) is 42.6 Å². The lowest BCUT2D eigenvalue weighted by Gasteiger charge is -2.16. The van der Waals surface area contributed by atoms with Crippen LogP contribution in [0.25, 0.3) is 11.0 Å². The zero-order valence-corrected chi connectivity index (χ0v) is 13.6. The Labute approximate surface area is 126 Å². The third-order valence-corrected chi connectivity index (χ3v) is 4.16. The number of nitrogens with zero attached hydrogens (tertiary/aromatic N) is 1. The number of rotatable bonds is 6. The predicted molar refractivity (Wildman–Crippen MR) is 86.9 cm³/mol. The Bertz CT molecular complexity index is 627. The van der Waals surface area contributed by atoms with Gasteiger partial charge in [0.2, 0.25) is 0 Å². The van der Waals surface area contributed by atoms with E-state index in [0.29, 0.717) is 11.8 Å². The predicted octanol–water partition coefficient (Wildman–Crippen LogP) is 4.78. The molecule has 0 aliphatic carbocycles. The van der Waals surface area contributed by atoms with Crippen LogP contribution in [-0.2, 0) is 6.54 Å². The van der Waals surface area contributed by atoms with E-state index in [1.54, 1.807) is 0 Å². The SMILES string of the molecule is CCCOc1cccc2c1[nH]c(=S)n2CC(C)C(C)C. The summed E-state index contributed by atoms with van der Waals surface area (Å²) in [6.45, 7) is 10.5. The minimum atomic E-state index is 0.584. The monoisotopic (exact) mass is 292 g/mol. The number of hydrogen-bond donors (Lipinski definition) is 1. The molecule has 20 heavy (non-hydrogen) atoms. The molecular formula is C16H24N2OS. The molecule has 1 unspecified atom stereocenters. The van der Waals surface area contributed by atoms with Gasteiger partial charge in [0, 0.05) is 6.54 Å². The Morgan fingerprint density at radius 1 is 1.30 bits per heavy atom. The van der Waals surface area contributed by atoms with E-state index in [0.717, 1.165) is 41.1 Å². The molecule has 110 valence electrons. The number of hydrogen-bond acceptors (Lipinski definition) is 2. The van der Waals surface area contributed by atoms with Crippen LogP contribution in [0.3, 0.4) is 0 Å². The molecule has 0 spiro atoms. The molecule has 1 aromatic carbocycles. The van der Waals surface area contributed by atoms with Gasteiger partial charge in [0.25, 0.3) is 0 Å². The average Bonchev–Trinajstić information content (AvgIpc) is 2.73. The molecule has 2 aromatic rings. The number of imidazole rings is 1. The second-order valence-corrected chi connectivity index (χ2v) is 6.15. The molecule has 1 aromatic heterocycles. The molecule has 0 radical (unpaired) electrons. The lowest BCUT2D eigenvalue weighted by atomic mass is 9.98. The van der Waals surface area contributed by atoms with Crippen molar-refractivity contribution >= 4 is 23.3 Å². The van der Waals surface area contributed by atoms with E-state index in [4.69, 9.17) is 17.0 Å². The van der Waals surface area contributed by atoms with Crippen molar-refractivity contribution in [2.75, 3.05) is 6.61 Å². The molecule has 1 N–H and O–H groups in total. The first-order chi connectivity index (χ1) is 9.54. The first-order valence-corrected chi connectivity index (χ1v) is 7.79. The van der Waals surface area contributed by atoms with Crippen molar-refractivity contribution in [3.8, 4) is 5.75 Å². The molecule has 0 aliphatic rings. The summed E-state index contributed by atoms with van der Waals surface area (Å²) in [6, 6.07) is 6.14. The number of aromatic nitrogens is 2. The van der Waals surface area contributed by atoms with Gasteiger partial charge in [-0.25, -0.2) is 0 Å². The number of aromatic amines is 1. The summed E-state index contributed by atoms with van der Waals surface area (Å²) < 4.78 is 8.76. The maximum atomic E-state index is 5.80. The maximum Gasteiger partial charge on any atom is 0.178 e. The molecule has 0 amide bonds. The summed E-state index contributed by atoms with van der Waals surface area (Å²) in [6.07, 6.45) is 1.00. The summed E-state index contributed by atoms with van der Waals surface area (Å²) in [7, 11) is 0. The van der Waals surface area contributed by atoms with E-state index in [-0.39, 0.29) is 0 Å². The number of benzene rings is 1. The van der Waals surface area contributed by atoms with Crippen LogP contribution < -0.4 is 4.74 Å². The zero-order chi connectivity index (χ0) is 14.7.